The van der Waals surface area contributed by atoms with E-state index < -0.39 is 0 Å². The monoisotopic (exact) mass is 459 g/mol. The van der Waals surface area contributed by atoms with E-state index in [0.29, 0.717) is 19.3 Å². The van der Waals surface area contributed by atoms with E-state index >= 15 is 0 Å². The summed E-state index contributed by atoms with van der Waals surface area (Å²) < 4.78 is 10.4. The molecule has 1 fully saturated rings. The Morgan fingerprint density at radius 1 is 1.22 bits per heavy atom. The van der Waals surface area contributed by atoms with Gasteiger partial charge < -0.3 is 20.1 Å². The molecule has 0 aliphatic heterocycles. The molecule has 7 heteroatoms. The number of methoxy groups -OCH3 is 1. The van der Waals surface area contributed by atoms with Gasteiger partial charge in [0.15, 0.2) is 5.96 Å². The molecule has 2 N–H and O–H groups in total. The van der Waals surface area contributed by atoms with Crippen LogP contribution in [0.4, 0.5) is 0 Å². The fourth-order valence-corrected chi connectivity index (χ4v) is 3.35. The van der Waals surface area contributed by atoms with Gasteiger partial charge in [0, 0.05) is 38.1 Å². The van der Waals surface area contributed by atoms with Crippen molar-refractivity contribution in [3.05, 3.63) is 0 Å². The highest BCUT2D eigenvalue weighted by Gasteiger charge is 2.24. The number of hydrogen-bond acceptors (Lipinski definition) is 4. The number of thioether (sulfide) groups is 1. The summed E-state index contributed by atoms with van der Waals surface area (Å²) in [7, 11) is 1.69. The Kier molecular flexibility index (Phi) is 16.0. The topological polar surface area (TPSA) is 54.9 Å². The minimum Gasteiger partial charge on any atom is -0.382 e. The van der Waals surface area contributed by atoms with Crippen LogP contribution in [0.25, 0.3) is 0 Å². The van der Waals surface area contributed by atoms with E-state index in [1.165, 1.54) is 19.3 Å². The maximum Gasteiger partial charge on any atom is 0.191 e. The van der Waals surface area contributed by atoms with Crippen molar-refractivity contribution in [1.82, 2.24) is 10.6 Å². The van der Waals surface area contributed by atoms with Crippen molar-refractivity contribution in [3.8, 4) is 0 Å². The number of ether oxygens (including phenoxy) is 2. The van der Waals surface area contributed by atoms with E-state index in [2.05, 4.69) is 28.8 Å². The Hall–Kier alpha value is 0.270. The third kappa shape index (κ3) is 11.4. The van der Waals surface area contributed by atoms with Gasteiger partial charge in [-0.25, -0.2) is 0 Å². The highest BCUT2D eigenvalue weighted by Crippen LogP contribution is 2.27. The molecule has 0 aromatic rings. The van der Waals surface area contributed by atoms with Crippen LogP contribution in [0.3, 0.4) is 0 Å². The quantitative estimate of drug-likeness (QED) is 0.215. The molecule has 5 nitrogen and oxygen atoms in total. The van der Waals surface area contributed by atoms with Crippen LogP contribution in [0.5, 0.6) is 0 Å². The number of guanidine groups is 1. The minimum absolute atomic E-state index is 0. The maximum absolute atomic E-state index is 5.45. The molecule has 0 bridgehead atoms. The molecule has 0 radical (unpaired) electrons. The van der Waals surface area contributed by atoms with Gasteiger partial charge in [0.05, 0.1) is 13.2 Å². The molecule has 0 spiro atoms. The smallest absolute Gasteiger partial charge is 0.191 e. The fourth-order valence-electron chi connectivity index (χ4n) is 2.55. The predicted octanol–water partition coefficient (Wildman–Crippen LogP) is 2.89. The van der Waals surface area contributed by atoms with Crippen LogP contribution >= 0.6 is 35.7 Å². The van der Waals surface area contributed by atoms with Gasteiger partial charge in [-0.05, 0) is 45.3 Å². The normalized spacial score (nSPS) is 21.1. The lowest BCUT2D eigenvalue weighted by Crippen LogP contribution is -2.42. The Morgan fingerprint density at radius 2 is 2.04 bits per heavy atom. The van der Waals surface area contributed by atoms with Gasteiger partial charge in [-0.15, -0.1) is 24.0 Å². The van der Waals surface area contributed by atoms with Crippen LogP contribution in [-0.2, 0) is 9.47 Å². The SMILES string of the molecule is CCNC(=NCCCCOCCOC)NC1CCC(SC)C1.I. The molecule has 138 valence electrons. The van der Waals surface area contributed by atoms with E-state index in [1.807, 2.05) is 11.8 Å². The molecular weight excluding hydrogens is 425 g/mol. The molecular formula is C16H34IN3O2S. The van der Waals surface area contributed by atoms with E-state index in [0.717, 1.165) is 43.7 Å². The zero-order valence-electron chi connectivity index (χ0n) is 14.8. The van der Waals surface area contributed by atoms with Crippen LogP contribution in [0.15, 0.2) is 4.99 Å². The van der Waals surface area contributed by atoms with Gasteiger partial charge >= 0.3 is 0 Å². The average Bonchev–Trinajstić information content (AvgIpc) is 2.97. The molecule has 23 heavy (non-hydrogen) atoms. The molecule has 1 rings (SSSR count). The van der Waals surface area contributed by atoms with E-state index in [9.17, 15) is 0 Å². The van der Waals surface area contributed by atoms with Crippen LogP contribution in [-0.4, -0.2) is 63.5 Å². The number of rotatable bonds is 11. The number of halogens is 1. The average molecular weight is 459 g/mol. The predicted molar refractivity (Wildman–Crippen MR) is 111 cm³/mol. The molecule has 1 aliphatic carbocycles. The second-order valence-electron chi connectivity index (χ2n) is 5.58. The first kappa shape index (κ1) is 23.3. The molecule has 2 unspecified atom stereocenters. The lowest BCUT2D eigenvalue weighted by Gasteiger charge is -2.17. The van der Waals surface area contributed by atoms with Crippen molar-refractivity contribution in [2.24, 2.45) is 4.99 Å². The van der Waals surface area contributed by atoms with Crippen molar-refractivity contribution in [1.29, 1.82) is 0 Å². The Balaban J connectivity index is 0.00000484. The largest absolute Gasteiger partial charge is 0.382 e. The van der Waals surface area contributed by atoms with Crippen molar-refractivity contribution in [3.63, 3.8) is 0 Å². The zero-order chi connectivity index (χ0) is 16.0. The van der Waals surface area contributed by atoms with E-state index in [1.54, 1.807) is 7.11 Å². The highest BCUT2D eigenvalue weighted by molar-refractivity contribution is 14.0. The highest BCUT2D eigenvalue weighted by atomic mass is 127. The fraction of sp³-hybridized carbons (Fsp3) is 0.938. The summed E-state index contributed by atoms with van der Waals surface area (Å²) in [4.78, 5) is 4.67. The van der Waals surface area contributed by atoms with E-state index in [-0.39, 0.29) is 24.0 Å². The Morgan fingerprint density at radius 3 is 2.70 bits per heavy atom. The summed E-state index contributed by atoms with van der Waals surface area (Å²) in [6, 6.07) is 0.577. The first-order valence-corrected chi connectivity index (χ1v) is 9.73. The summed E-state index contributed by atoms with van der Waals surface area (Å²) in [6.07, 6.45) is 8.13. The molecule has 0 aromatic carbocycles. The van der Waals surface area contributed by atoms with Crippen molar-refractivity contribution >= 4 is 41.7 Å². The number of hydrogen-bond donors (Lipinski definition) is 2. The van der Waals surface area contributed by atoms with Gasteiger partial charge in [-0.2, -0.15) is 11.8 Å². The summed E-state index contributed by atoms with van der Waals surface area (Å²) in [5.74, 6) is 0.967. The van der Waals surface area contributed by atoms with E-state index in [4.69, 9.17) is 9.47 Å². The summed E-state index contributed by atoms with van der Waals surface area (Å²) in [5.41, 5.74) is 0. The van der Waals surface area contributed by atoms with Gasteiger partial charge in [0.1, 0.15) is 0 Å². The molecule has 1 saturated carbocycles. The minimum atomic E-state index is 0. The number of nitrogens with zero attached hydrogens (tertiary/aromatic N) is 1. The van der Waals surface area contributed by atoms with Crippen LogP contribution in [0.1, 0.15) is 39.0 Å². The zero-order valence-corrected chi connectivity index (χ0v) is 18.0. The third-order valence-electron chi connectivity index (χ3n) is 3.80. The lowest BCUT2D eigenvalue weighted by molar-refractivity contribution is 0.0690. The van der Waals surface area contributed by atoms with Crippen LogP contribution in [0.2, 0.25) is 0 Å². The van der Waals surface area contributed by atoms with Crippen molar-refractivity contribution in [2.75, 3.05) is 46.3 Å². The Bertz CT molecular complexity index is 309. The summed E-state index contributed by atoms with van der Waals surface area (Å²) in [6.45, 7) is 6.01. The molecule has 0 saturated heterocycles. The van der Waals surface area contributed by atoms with Gasteiger partial charge in [-0.3, -0.25) is 4.99 Å². The second-order valence-corrected chi connectivity index (χ2v) is 6.72. The number of aliphatic imine (C=N–C) groups is 1. The first-order valence-electron chi connectivity index (χ1n) is 8.44. The summed E-state index contributed by atoms with van der Waals surface area (Å²) in [5, 5.41) is 7.73. The number of unbranched alkanes of at least 4 members (excludes halogenated alkanes) is 1. The molecule has 1 aliphatic rings. The first-order chi connectivity index (χ1) is 10.8. The maximum atomic E-state index is 5.45. The van der Waals surface area contributed by atoms with Gasteiger partial charge in [-0.1, -0.05) is 0 Å². The van der Waals surface area contributed by atoms with Gasteiger partial charge in [0.2, 0.25) is 0 Å². The summed E-state index contributed by atoms with van der Waals surface area (Å²) >= 11 is 1.99. The second kappa shape index (κ2) is 15.8. The molecule has 0 amide bonds. The molecule has 0 aromatic heterocycles. The molecule has 0 heterocycles. The van der Waals surface area contributed by atoms with Crippen molar-refractivity contribution < 1.29 is 9.47 Å². The van der Waals surface area contributed by atoms with Crippen molar-refractivity contribution in [2.45, 2.75) is 50.3 Å². The Labute approximate surface area is 163 Å². The van der Waals surface area contributed by atoms with Gasteiger partial charge in [0.25, 0.3) is 0 Å². The molecule has 2 atom stereocenters. The standard InChI is InChI=1S/C16H33N3O2S.HI/c1-4-17-16(19-14-7-8-15(13-14)22-3)18-9-5-6-10-21-12-11-20-2;/h14-15H,4-13H2,1-3H3,(H2,17,18,19);1H. The lowest BCUT2D eigenvalue weighted by atomic mass is 10.2. The number of nitrogens with one attached hydrogen (secondary N) is 2. The van der Waals surface area contributed by atoms with Crippen LogP contribution < -0.4 is 10.6 Å². The van der Waals surface area contributed by atoms with Crippen LogP contribution in [0, 0.1) is 0 Å². The third-order valence-corrected chi connectivity index (χ3v) is 4.90.